The number of benzene rings is 1. The number of carboxylic acid groups (broad SMARTS) is 1. The zero-order chi connectivity index (χ0) is 12.7. The summed E-state index contributed by atoms with van der Waals surface area (Å²) >= 11 is 5.91. The molecule has 17 heavy (non-hydrogen) atoms. The Morgan fingerprint density at radius 2 is 2.00 bits per heavy atom. The van der Waals surface area contributed by atoms with Crippen LogP contribution in [0, 0.1) is 0 Å². The van der Waals surface area contributed by atoms with Crippen LogP contribution < -0.4 is 5.32 Å². The summed E-state index contributed by atoms with van der Waals surface area (Å²) in [6.45, 7) is 0.371. The molecular formula is C12H14ClNO3. The van der Waals surface area contributed by atoms with Crippen molar-refractivity contribution in [1.82, 2.24) is 5.32 Å². The van der Waals surface area contributed by atoms with E-state index >= 15 is 0 Å². The van der Waals surface area contributed by atoms with Gasteiger partial charge in [-0.05, 0) is 18.1 Å². The van der Waals surface area contributed by atoms with Crippen LogP contribution in [0.25, 0.3) is 0 Å². The molecule has 0 saturated carbocycles. The van der Waals surface area contributed by atoms with E-state index in [1.807, 2.05) is 6.07 Å². The highest BCUT2D eigenvalue weighted by Crippen LogP contribution is 2.15. The molecule has 0 radical (unpaired) electrons. The van der Waals surface area contributed by atoms with E-state index in [0.29, 0.717) is 18.0 Å². The first kappa shape index (κ1) is 13.5. The van der Waals surface area contributed by atoms with Gasteiger partial charge in [0.05, 0.1) is 6.42 Å². The normalized spacial score (nSPS) is 9.94. The van der Waals surface area contributed by atoms with Crippen LogP contribution in [0.1, 0.15) is 18.4 Å². The average Bonchev–Trinajstić information content (AvgIpc) is 2.27. The zero-order valence-electron chi connectivity index (χ0n) is 9.28. The highest BCUT2D eigenvalue weighted by atomic mass is 35.5. The molecule has 1 aromatic carbocycles. The first-order valence-corrected chi connectivity index (χ1v) is 5.69. The Hall–Kier alpha value is -1.55. The second kappa shape index (κ2) is 6.91. The van der Waals surface area contributed by atoms with Crippen molar-refractivity contribution < 1.29 is 14.7 Å². The van der Waals surface area contributed by atoms with Gasteiger partial charge < -0.3 is 10.4 Å². The van der Waals surface area contributed by atoms with Crippen LogP contribution in [0.3, 0.4) is 0 Å². The smallest absolute Gasteiger partial charge is 0.303 e. The fraction of sp³-hybridized carbons (Fsp3) is 0.333. The van der Waals surface area contributed by atoms with Gasteiger partial charge in [0.1, 0.15) is 0 Å². The number of carbonyl (C=O) groups excluding carboxylic acids is 1. The number of carboxylic acids is 1. The average molecular weight is 256 g/mol. The molecule has 92 valence electrons. The van der Waals surface area contributed by atoms with Crippen molar-refractivity contribution in [2.45, 2.75) is 19.3 Å². The van der Waals surface area contributed by atoms with E-state index in [2.05, 4.69) is 5.32 Å². The molecule has 0 aromatic heterocycles. The summed E-state index contributed by atoms with van der Waals surface area (Å²) in [4.78, 5) is 21.7. The summed E-state index contributed by atoms with van der Waals surface area (Å²) < 4.78 is 0. The second-order valence-electron chi connectivity index (χ2n) is 3.62. The zero-order valence-corrected chi connectivity index (χ0v) is 10.0. The summed E-state index contributed by atoms with van der Waals surface area (Å²) in [5.41, 5.74) is 0.768. The van der Waals surface area contributed by atoms with Gasteiger partial charge >= 0.3 is 5.97 Å². The second-order valence-corrected chi connectivity index (χ2v) is 4.02. The fourth-order valence-corrected chi connectivity index (χ4v) is 1.55. The van der Waals surface area contributed by atoms with Crippen LogP contribution in [0.2, 0.25) is 5.02 Å². The van der Waals surface area contributed by atoms with Crippen molar-refractivity contribution in [2.75, 3.05) is 6.54 Å². The summed E-state index contributed by atoms with van der Waals surface area (Å²) in [6.07, 6.45) is 0.711. The van der Waals surface area contributed by atoms with Crippen LogP contribution in [0.4, 0.5) is 0 Å². The minimum Gasteiger partial charge on any atom is -0.481 e. The fourth-order valence-electron chi connectivity index (χ4n) is 1.34. The standard InChI is InChI=1S/C12H14ClNO3/c13-10-5-2-1-4-9(10)8-11(15)14-7-3-6-12(16)17/h1-2,4-5H,3,6-8H2,(H,14,15)(H,16,17). The summed E-state index contributed by atoms with van der Waals surface area (Å²) in [5.74, 6) is -1.01. The molecule has 0 aliphatic heterocycles. The lowest BCUT2D eigenvalue weighted by Crippen LogP contribution is -2.26. The van der Waals surface area contributed by atoms with Gasteiger partial charge in [-0.3, -0.25) is 9.59 Å². The molecule has 0 unspecified atom stereocenters. The molecule has 0 fully saturated rings. The summed E-state index contributed by atoms with van der Waals surface area (Å²) in [7, 11) is 0. The SMILES string of the molecule is O=C(O)CCCNC(=O)Cc1ccccc1Cl. The number of halogens is 1. The Labute approximate surface area is 105 Å². The van der Waals surface area contributed by atoms with Gasteiger partial charge in [0.25, 0.3) is 0 Å². The Morgan fingerprint density at radius 1 is 1.29 bits per heavy atom. The molecule has 1 rings (SSSR count). The molecule has 0 atom stereocenters. The largest absolute Gasteiger partial charge is 0.481 e. The highest BCUT2D eigenvalue weighted by molar-refractivity contribution is 6.31. The molecule has 4 nitrogen and oxygen atoms in total. The minimum absolute atomic E-state index is 0.0619. The van der Waals surface area contributed by atoms with Crippen LogP contribution >= 0.6 is 11.6 Å². The molecule has 1 amide bonds. The van der Waals surface area contributed by atoms with E-state index in [4.69, 9.17) is 16.7 Å². The van der Waals surface area contributed by atoms with Gasteiger partial charge in [-0.2, -0.15) is 0 Å². The van der Waals surface area contributed by atoms with Gasteiger partial charge in [-0.1, -0.05) is 29.8 Å². The van der Waals surface area contributed by atoms with Crippen LogP contribution in [0.5, 0.6) is 0 Å². The number of rotatable bonds is 6. The Balaban J connectivity index is 2.30. The minimum atomic E-state index is -0.856. The lowest BCUT2D eigenvalue weighted by atomic mass is 10.1. The van der Waals surface area contributed by atoms with Crippen molar-refractivity contribution in [2.24, 2.45) is 0 Å². The molecule has 0 aliphatic carbocycles. The van der Waals surface area contributed by atoms with Crippen LogP contribution in [0.15, 0.2) is 24.3 Å². The van der Waals surface area contributed by atoms with Gasteiger partial charge in [-0.15, -0.1) is 0 Å². The van der Waals surface area contributed by atoms with E-state index in [0.717, 1.165) is 5.56 Å². The lowest BCUT2D eigenvalue weighted by molar-refractivity contribution is -0.137. The van der Waals surface area contributed by atoms with Crippen molar-refractivity contribution in [3.05, 3.63) is 34.9 Å². The van der Waals surface area contributed by atoms with E-state index < -0.39 is 5.97 Å². The number of carbonyl (C=O) groups is 2. The predicted molar refractivity (Wildman–Crippen MR) is 65.0 cm³/mol. The first-order chi connectivity index (χ1) is 8.09. The quantitative estimate of drug-likeness (QED) is 0.763. The number of amides is 1. The third-order valence-electron chi connectivity index (χ3n) is 2.20. The van der Waals surface area contributed by atoms with E-state index in [1.165, 1.54) is 0 Å². The van der Waals surface area contributed by atoms with Gasteiger partial charge in [0, 0.05) is 18.0 Å². The van der Waals surface area contributed by atoms with Crippen molar-refractivity contribution >= 4 is 23.5 Å². The van der Waals surface area contributed by atoms with E-state index in [9.17, 15) is 9.59 Å². The highest BCUT2D eigenvalue weighted by Gasteiger charge is 2.06. The third-order valence-corrected chi connectivity index (χ3v) is 2.57. The molecule has 5 heteroatoms. The monoisotopic (exact) mass is 255 g/mol. The molecular weight excluding hydrogens is 242 g/mol. The topological polar surface area (TPSA) is 66.4 Å². The first-order valence-electron chi connectivity index (χ1n) is 5.31. The molecule has 1 aromatic rings. The maximum atomic E-state index is 11.5. The van der Waals surface area contributed by atoms with Crippen LogP contribution in [-0.2, 0) is 16.0 Å². The molecule has 0 saturated heterocycles. The number of aliphatic carboxylic acids is 1. The van der Waals surface area contributed by atoms with Crippen molar-refractivity contribution in [3.63, 3.8) is 0 Å². The molecule has 0 spiro atoms. The summed E-state index contributed by atoms with van der Waals surface area (Å²) in [5, 5.41) is 11.6. The lowest BCUT2D eigenvalue weighted by Gasteiger charge is -2.05. The van der Waals surface area contributed by atoms with Crippen molar-refractivity contribution in [3.8, 4) is 0 Å². The molecule has 0 heterocycles. The van der Waals surface area contributed by atoms with Gasteiger partial charge in [-0.25, -0.2) is 0 Å². The summed E-state index contributed by atoms with van der Waals surface area (Å²) in [6, 6.07) is 7.14. The molecule has 2 N–H and O–H groups in total. The van der Waals surface area contributed by atoms with Crippen LogP contribution in [-0.4, -0.2) is 23.5 Å². The maximum absolute atomic E-state index is 11.5. The van der Waals surface area contributed by atoms with E-state index in [1.54, 1.807) is 18.2 Å². The molecule has 0 aliphatic rings. The van der Waals surface area contributed by atoms with Crippen molar-refractivity contribution in [1.29, 1.82) is 0 Å². The Kier molecular flexibility index (Phi) is 5.49. The third kappa shape index (κ3) is 5.36. The number of hydrogen-bond donors (Lipinski definition) is 2. The van der Waals surface area contributed by atoms with Gasteiger partial charge in [0.2, 0.25) is 5.91 Å². The maximum Gasteiger partial charge on any atom is 0.303 e. The van der Waals surface area contributed by atoms with Gasteiger partial charge in [0.15, 0.2) is 0 Å². The predicted octanol–water partition coefficient (Wildman–Crippen LogP) is 1.86. The molecule has 0 bridgehead atoms. The van der Waals surface area contributed by atoms with E-state index in [-0.39, 0.29) is 18.7 Å². The Bertz CT molecular complexity index is 406. The number of nitrogens with one attached hydrogen (secondary N) is 1. The Morgan fingerprint density at radius 3 is 2.65 bits per heavy atom. The number of hydrogen-bond acceptors (Lipinski definition) is 2.